The standard InChI is InChI=1S/C26H25NO4/c28-23(22-11-13-24-25(17-22)31-16-15-30-24)12-14-26(29)27(18-20-7-3-1-4-8-20)19-21-9-5-2-6-10-21/h1-11,13,17H,12,14-16,18-19H2. The van der Waals surface area contributed by atoms with Gasteiger partial charge < -0.3 is 14.4 Å². The van der Waals surface area contributed by atoms with Crippen molar-refractivity contribution in [2.75, 3.05) is 13.2 Å². The van der Waals surface area contributed by atoms with Gasteiger partial charge in [-0.05, 0) is 29.3 Å². The first kappa shape index (κ1) is 20.7. The van der Waals surface area contributed by atoms with Crippen LogP contribution in [0.3, 0.4) is 0 Å². The van der Waals surface area contributed by atoms with Crippen molar-refractivity contribution in [1.82, 2.24) is 4.90 Å². The van der Waals surface area contributed by atoms with E-state index in [2.05, 4.69) is 0 Å². The average molecular weight is 415 g/mol. The first-order valence-corrected chi connectivity index (χ1v) is 10.5. The number of ketones is 1. The molecule has 1 aliphatic rings. The summed E-state index contributed by atoms with van der Waals surface area (Å²) >= 11 is 0. The predicted molar refractivity (Wildman–Crippen MR) is 118 cm³/mol. The monoisotopic (exact) mass is 415 g/mol. The Kier molecular flexibility index (Phi) is 6.62. The van der Waals surface area contributed by atoms with Crippen LogP contribution in [0.4, 0.5) is 0 Å². The maximum Gasteiger partial charge on any atom is 0.223 e. The van der Waals surface area contributed by atoms with Gasteiger partial charge in [0.05, 0.1) is 0 Å². The Bertz CT molecular complexity index is 992. The molecule has 1 aliphatic heterocycles. The van der Waals surface area contributed by atoms with Gasteiger partial charge in [-0.15, -0.1) is 0 Å². The van der Waals surface area contributed by atoms with Crippen LogP contribution in [-0.2, 0) is 17.9 Å². The zero-order valence-electron chi connectivity index (χ0n) is 17.3. The maximum absolute atomic E-state index is 13.0. The van der Waals surface area contributed by atoms with Crippen LogP contribution in [-0.4, -0.2) is 29.8 Å². The van der Waals surface area contributed by atoms with E-state index in [-0.39, 0.29) is 24.5 Å². The van der Waals surface area contributed by atoms with Crippen molar-refractivity contribution in [3.8, 4) is 11.5 Å². The molecule has 1 amide bonds. The van der Waals surface area contributed by atoms with E-state index in [1.165, 1.54) is 0 Å². The summed E-state index contributed by atoms with van der Waals surface area (Å²) in [6, 6.07) is 25.0. The third-order valence-corrected chi connectivity index (χ3v) is 5.22. The van der Waals surface area contributed by atoms with E-state index in [1.807, 2.05) is 65.6 Å². The topological polar surface area (TPSA) is 55.8 Å². The molecule has 0 spiro atoms. The van der Waals surface area contributed by atoms with E-state index in [0.717, 1.165) is 11.1 Å². The number of Topliss-reactive ketones (excluding diaryl/α,β-unsaturated/α-hetero) is 1. The van der Waals surface area contributed by atoms with E-state index in [9.17, 15) is 9.59 Å². The van der Waals surface area contributed by atoms with Gasteiger partial charge in [-0.25, -0.2) is 0 Å². The first-order valence-electron chi connectivity index (χ1n) is 10.5. The van der Waals surface area contributed by atoms with Gasteiger partial charge in [-0.1, -0.05) is 60.7 Å². The van der Waals surface area contributed by atoms with Gasteiger partial charge in [0, 0.05) is 31.5 Å². The number of rotatable bonds is 8. The molecule has 5 heteroatoms. The smallest absolute Gasteiger partial charge is 0.223 e. The van der Waals surface area contributed by atoms with Crippen molar-refractivity contribution in [1.29, 1.82) is 0 Å². The summed E-state index contributed by atoms with van der Waals surface area (Å²) in [7, 11) is 0. The number of nitrogens with zero attached hydrogens (tertiary/aromatic N) is 1. The van der Waals surface area contributed by atoms with Crippen molar-refractivity contribution in [2.24, 2.45) is 0 Å². The number of hydrogen-bond donors (Lipinski definition) is 0. The summed E-state index contributed by atoms with van der Waals surface area (Å²) < 4.78 is 11.1. The normalized spacial score (nSPS) is 12.3. The fourth-order valence-corrected chi connectivity index (χ4v) is 3.58. The van der Waals surface area contributed by atoms with Gasteiger partial charge in [-0.2, -0.15) is 0 Å². The average Bonchev–Trinajstić information content (AvgIpc) is 2.83. The van der Waals surface area contributed by atoms with Crippen LogP contribution in [0.15, 0.2) is 78.9 Å². The second kappa shape index (κ2) is 9.94. The summed E-state index contributed by atoms with van der Waals surface area (Å²) in [5.41, 5.74) is 2.66. The molecule has 0 N–H and O–H groups in total. The molecule has 5 nitrogen and oxygen atoms in total. The van der Waals surface area contributed by atoms with Crippen LogP contribution >= 0.6 is 0 Å². The quantitative estimate of drug-likeness (QED) is 0.503. The molecule has 31 heavy (non-hydrogen) atoms. The molecule has 0 radical (unpaired) electrons. The zero-order chi connectivity index (χ0) is 21.5. The van der Waals surface area contributed by atoms with Crippen LogP contribution in [0.5, 0.6) is 11.5 Å². The fourth-order valence-electron chi connectivity index (χ4n) is 3.58. The molecule has 158 valence electrons. The third kappa shape index (κ3) is 5.51. The van der Waals surface area contributed by atoms with Crippen molar-refractivity contribution >= 4 is 11.7 Å². The molecular weight excluding hydrogens is 390 g/mol. The highest BCUT2D eigenvalue weighted by molar-refractivity contribution is 5.98. The summed E-state index contributed by atoms with van der Waals surface area (Å²) in [5.74, 6) is 1.11. The molecule has 0 saturated carbocycles. The van der Waals surface area contributed by atoms with Crippen LogP contribution in [0, 0.1) is 0 Å². The molecule has 0 unspecified atom stereocenters. The highest BCUT2D eigenvalue weighted by Gasteiger charge is 2.19. The van der Waals surface area contributed by atoms with Crippen LogP contribution in [0.1, 0.15) is 34.3 Å². The summed E-state index contributed by atoms with van der Waals surface area (Å²) in [5, 5.41) is 0. The second-order valence-corrected chi connectivity index (χ2v) is 7.50. The molecule has 0 atom stereocenters. The van der Waals surface area contributed by atoms with E-state index < -0.39 is 0 Å². The van der Waals surface area contributed by atoms with E-state index in [0.29, 0.717) is 43.4 Å². The molecule has 0 aromatic heterocycles. The highest BCUT2D eigenvalue weighted by atomic mass is 16.6. The van der Waals surface area contributed by atoms with Gasteiger partial charge in [0.15, 0.2) is 17.3 Å². The lowest BCUT2D eigenvalue weighted by atomic mass is 10.0. The molecule has 4 rings (SSSR count). The van der Waals surface area contributed by atoms with Gasteiger partial charge in [0.1, 0.15) is 13.2 Å². The Morgan fingerprint density at radius 2 is 1.29 bits per heavy atom. The van der Waals surface area contributed by atoms with Gasteiger partial charge in [0.2, 0.25) is 5.91 Å². The fraction of sp³-hybridized carbons (Fsp3) is 0.231. The number of ether oxygens (including phenoxy) is 2. The Labute approximate surface area is 182 Å². The van der Waals surface area contributed by atoms with Crippen molar-refractivity contribution in [2.45, 2.75) is 25.9 Å². The van der Waals surface area contributed by atoms with Crippen molar-refractivity contribution in [3.05, 3.63) is 95.6 Å². The van der Waals surface area contributed by atoms with Gasteiger partial charge in [-0.3, -0.25) is 9.59 Å². The minimum absolute atomic E-state index is 0.0430. The lowest BCUT2D eigenvalue weighted by Gasteiger charge is -2.23. The lowest BCUT2D eigenvalue weighted by molar-refractivity contribution is -0.132. The Hall–Kier alpha value is -3.60. The molecular formula is C26H25NO4. The number of benzene rings is 3. The van der Waals surface area contributed by atoms with E-state index in [1.54, 1.807) is 18.2 Å². The molecule has 1 heterocycles. The van der Waals surface area contributed by atoms with Crippen molar-refractivity contribution in [3.63, 3.8) is 0 Å². The molecule has 0 saturated heterocycles. The molecule has 0 aliphatic carbocycles. The highest BCUT2D eigenvalue weighted by Crippen LogP contribution is 2.31. The number of hydrogen-bond acceptors (Lipinski definition) is 4. The minimum Gasteiger partial charge on any atom is -0.486 e. The van der Waals surface area contributed by atoms with Crippen LogP contribution < -0.4 is 9.47 Å². The number of carbonyl (C=O) groups is 2. The first-order chi connectivity index (χ1) is 15.2. The maximum atomic E-state index is 13.0. The number of amides is 1. The number of fused-ring (bicyclic) bond motifs is 1. The summed E-state index contributed by atoms with van der Waals surface area (Å²) in [6.45, 7) is 1.99. The second-order valence-electron chi connectivity index (χ2n) is 7.50. The predicted octanol–water partition coefficient (Wildman–Crippen LogP) is 4.65. The largest absolute Gasteiger partial charge is 0.486 e. The Balaban J connectivity index is 1.42. The molecule has 0 bridgehead atoms. The number of carbonyl (C=O) groups excluding carboxylic acids is 2. The Morgan fingerprint density at radius 3 is 1.90 bits per heavy atom. The zero-order valence-corrected chi connectivity index (χ0v) is 17.3. The summed E-state index contributed by atoms with van der Waals surface area (Å²) in [6.07, 6.45) is 0.311. The molecule has 0 fully saturated rings. The third-order valence-electron chi connectivity index (χ3n) is 5.22. The molecule has 3 aromatic carbocycles. The molecule has 3 aromatic rings. The summed E-state index contributed by atoms with van der Waals surface area (Å²) in [4.78, 5) is 27.6. The van der Waals surface area contributed by atoms with Crippen LogP contribution in [0.25, 0.3) is 0 Å². The van der Waals surface area contributed by atoms with Crippen LogP contribution in [0.2, 0.25) is 0 Å². The SMILES string of the molecule is O=C(CCC(=O)N(Cc1ccccc1)Cc1ccccc1)c1ccc2c(c1)OCCO2. The van der Waals surface area contributed by atoms with Gasteiger partial charge >= 0.3 is 0 Å². The van der Waals surface area contributed by atoms with E-state index in [4.69, 9.17) is 9.47 Å². The van der Waals surface area contributed by atoms with E-state index >= 15 is 0 Å². The van der Waals surface area contributed by atoms with Gasteiger partial charge in [0.25, 0.3) is 0 Å². The van der Waals surface area contributed by atoms with Crippen molar-refractivity contribution < 1.29 is 19.1 Å². The Morgan fingerprint density at radius 1 is 0.710 bits per heavy atom. The minimum atomic E-state index is -0.0790. The lowest BCUT2D eigenvalue weighted by Crippen LogP contribution is -2.30.